The van der Waals surface area contributed by atoms with Crippen LogP contribution >= 0.6 is 11.6 Å². The van der Waals surface area contributed by atoms with Crippen LogP contribution in [0.1, 0.15) is 17.3 Å². The van der Waals surface area contributed by atoms with Crippen LogP contribution in [0.2, 0.25) is 5.02 Å². The fourth-order valence-corrected chi connectivity index (χ4v) is 4.05. The molecule has 4 nitrogen and oxygen atoms in total. The molecule has 4 aromatic carbocycles. The molecule has 1 atom stereocenters. The van der Waals surface area contributed by atoms with E-state index >= 15 is 0 Å². The summed E-state index contributed by atoms with van der Waals surface area (Å²) in [5.74, 6) is 1.69. The predicted octanol–water partition coefficient (Wildman–Crippen LogP) is 6.74. The predicted molar refractivity (Wildman–Crippen MR) is 132 cm³/mol. The Morgan fingerprint density at radius 1 is 0.719 bits per heavy atom. The highest BCUT2D eigenvalue weighted by Crippen LogP contribution is 2.40. The zero-order chi connectivity index (χ0) is 21.9. The minimum absolute atomic E-state index is 0.182. The second-order valence-electron chi connectivity index (χ2n) is 7.46. The maximum atomic E-state index is 6.21. The number of para-hydroxylation sites is 1. The minimum Gasteiger partial charge on any atom is -0.497 e. The van der Waals surface area contributed by atoms with E-state index in [-0.39, 0.29) is 6.17 Å². The topological polar surface area (TPSA) is 28.1 Å². The molecule has 0 saturated heterocycles. The number of hydrogen-bond acceptors (Lipinski definition) is 4. The zero-order valence-electron chi connectivity index (χ0n) is 17.6. The molecule has 1 aliphatic rings. The Labute approximate surface area is 192 Å². The molecule has 0 aliphatic carbocycles. The van der Waals surface area contributed by atoms with Gasteiger partial charge in [0.25, 0.3) is 0 Å². The van der Waals surface area contributed by atoms with Crippen LogP contribution in [0.25, 0.3) is 0 Å². The van der Waals surface area contributed by atoms with Gasteiger partial charge in [-0.3, -0.25) is 4.90 Å². The van der Waals surface area contributed by atoms with Crippen LogP contribution in [0, 0.1) is 0 Å². The molecular formula is C27H22ClN3O. The number of ether oxygens (including phenoxy) is 1. The van der Waals surface area contributed by atoms with Gasteiger partial charge in [0.2, 0.25) is 0 Å². The van der Waals surface area contributed by atoms with Crippen molar-refractivity contribution in [1.82, 2.24) is 0 Å². The van der Waals surface area contributed by atoms with Crippen LogP contribution in [0.15, 0.2) is 114 Å². The number of nitrogens with zero attached hydrogens (tertiary/aromatic N) is 3. The molecule has 0 bridgehead atoms. The van der Waals surface area contributed by atoms with Crippen molar-refractivity contribution in [2.24, 2.45) is 5.10 Å². The lowest BCUT2D eigenvalue weighted by Crippen LogP contribution is -2.35. The number of hydrazone groups is 1. The van der Waals surface area contributed by atoms with E-state index in [1.165, 1.54) is 0 Å². The molecule has 158 valence electrons. The summed E-state index contributed by atoms with van der Waals surface area (Å²) in [6, 6.07) is 36.5. The third kappa shape index (κ3) is 3.81. The average Bonchev–Trinajstić information content (AvgIpc) is 3.26. The van der Waals surface area contributed by atoms with Gasteiger partial charge >= 0.3 is 0 Å². The summed E-state index contributed by atoms with van der Waals surface area (Å²) >= 11 is 6.21. The van der Waals surface area contributed by atoms with Crippen LogP contribution in [0.3, 0.4) is 0 Å². The van der Waals surface area contributed by atoms with Crippen LogP contribution in [0.4, 0.5) is 11.4 Å². The highest BCUT2D eigenvalue weighted by atomic mass is 35.5. The molecular weight excluding hydrogens is 418 g/mol. The lowest BCUT2D eigenvalue weighted by atomic mass is 10.1. The fraction of sp³-hybridized carbons (Fsp3) is 0.0741. The quantitative estimate of drug-likeness (QED) is 0.345. The summed E-state index contributed by atoms with van der Waals surface area (Å²) in [5, 5.41) is 7.89. The van der Waals surface area contributed by atoms with Crippen LogP contribution in [-0.4, -0.2) is 12.9 Å². The Morgan fingerprint density at radius 3 is 1.97 bits per heavy atom. The summed E-state index contributed by atoms with van der Waals surface area (Å²) in [6.45, 7) is 0. The van der Waals surface area contributed by atoms with E-state index in [0.29, 0.717) is 5.02 Å². The lowest BCUT2D eigenvalue weighted by Gasteiger charge is -2.32. The van der Waals surface area contributed by atoms with Gasteiger partial charge in [-0.25, -0.2) is 5.01 Å². The van der Waals surface area contributed by atoms with Gasteiger partial charge in [0.1, 0.15) is 5.75 Å². The van der Waals surface area contributed by atoms with Gasteiger partial charge < -0.3 is 4.74 Å². The standard InChI is InChI=1S/C27H22ClN3O/c1-32-25-18-16-23(17-19-25)30-26(20-8-4-2-5-9-20)29-31(24-10-6-3-7-11-24)27(30)21-12-14-22(28)15-13-21/h2-19,27H,1H3. The number of halogens is 1. The van der Waals surface area contributed by atoms with Crippen molar-refractivity contribution in [2.75, 3.05) is 17.0 Å². The summed E-state index contributed by atoms with van der Waals surface area (Å²) in [6.07, 6.45) is -0.182. The Kier molecular flexibility index (Phi) is 5.53. The Balaban J connectivity index is 1.70. The number of hydrogen-bond donors (Lipinski definition) is 0. The summed E-state index contributed by atoms with van der Waals surface area (Å²) in [4.78, 5) is 2.25. The smallest absolute Gasteiger partial charge is 0.162 e. The summed E-state index contributed by atoms with van der Waals surface area (Å²) < 4.78 is 5.38. The molecule has 0 N–H and O–H groups in total. The van der Waals surface area contributed by atoms with Crippen molar-refractivity contribution in [2.45, 2.75) is 6.17 Å². The molecule has 5 rings (SSSR count). The number of benzene rings is 4. The van der Waals surface area contributed by atoms with E-state index in [0.717, 1.165) is 34.1 Å². The van der Waals surface area contributed by atoms with Gasteiger partial charge in [-0.1, -0.05) is 72.3 Å². The van der Waals surface area contributed by atoms with Gasteiger partial charge in [0.15, 0.2) is 12.0 Å². The Morgan fingerprint density at radius 2 is 1.34 bits per heavy atom. The highest BCUT2D eigenvalue weighted by molar-refractivity contribution is 6.30. The SMILES string of the molecule is COc1ccc(N2C(c3ccccc3)=NN(c3ccccc3)C2c2ccc(Cl)cc2)cc1. The molecule has 1 unspecified atom stereocenters. The van der Waals surface area contributed by atoms with Gasteiger partial charge in [-0.2, -0.15) is 5.10 Å². The van der Waals surface area contributed by atoms with E-state index in [1.54, 1.807) is 7.11 Å². The van der Waals surface area contributed by atoms with Gasteiger partial charge in [-0.05, 0) is 54.1 Å². The van der Waals surface area contributed by atoms with E-state index in [9.17, 15) is 0 Å². The van der Waals surface area contributed by atoms with Gasteiger partial charge in [0.05, 0.1) is 12.8 Å². The van der Waals surface area contributed by atoms with Gasteiger partial charge in [0, 0.05) is 16.3 Å². The monoisotopic (exact) mass is 439 g/mol. The van der Waals surface area contributed by atoms with Crippen LogP contribution in [-0.2, 0) is 0 Å². The molecule has 0 amide bonds. The van der Waals surface area contributed by atoms with Gasteiger partial charge in [-0.15, -0.1) is 0 Å². The van der Waals surface area contributed by atoms with Crippen molar-refractivity contribution < 1.29 is 4.74 Å². The minimum atomic E-state index is -0.182. The molecule has 0 fully saturated rings. The van der Waals surface area contributed by atoms with Crippen molar-refractivity contribution in [3.05, 3.63) is 125 Å². The second kappa shape index (κ2) is 8.77. The van der Waals surface area contributed by atoms with Crippen LogP contribution < -0.4 is 14.6 Å². The number of amidine groups is 1. The Hall–Kier alpha value is -3.76. The first-order valence-electron chi connectivity index (χ1n) is 10.4. The third-order valence-electron chi connectivity index (χ3n) is 5.48. The Bertz CT molecular complexity index is 1210. The van der Waals surface area contributed by atoms with Crippen molar-refractivity contribution in [3.8, 4) is 5.75 Å². The molecule has 4 aromatic rings. The number of rotatable bonds is 5. The molecule has 0 saturated carbocycles. The first-order chi connectivity index (χ1) is 15.7. The molecule has 5 heteroatoms. The van der Waals surface area contributed by atoms with E-state index in [4.69, 9.17) is 21.4 Å². The molecule has 0 radical (unpaired) electrons. The molecule has 1 heterocycles. The molecule has 0 aromatic heterocycles. The summed E-state index contributed by atoms with van der Waals surface area (Å²) in [7, 11) is 1.68. The maximum absolute atomic E-state index is 6.21. The maximum Gasteiger partial charge on any atom is 0.162 e. The molecule has 1 aliphatic heterocycles. The van der Waals surface area contributed by atoms with Crippen molar-refractivity contribution in [1.29, 1.82) is 0 Å². The van der Waals surface area contributed by atoms with Crippen molar-refractivity contribution in [3.63, 3.8) is 0 Å². The lowest BCUT2D eigenvalue weighted by molar-refractivity contribution is 0.415. The first kappa shape index (κ1) is 20.2. The highest BCUT2D eigenvalue weighted by Gasteiger charge is 2.37. The molecule has 32 heavy (non-hydrogen) atoms. The normalized spacial score (nSPS) is 15.6. The fourth-order valence-electron chi connectivity index (χ4n) is 3.93. The van der Waals surface area contributed by atoms with Crippen LogP contribution in [0.5, 0.6) is 5.75 Å². The summed E-state index contributed by atoms with van der Waals surface area (Å²) in [5.41, 5.74) is 4.16. The zero-order valence-corrected chi connectivity index (χ0v) is 18.4. The largest absolute Gasteiger partial charge is 0.497 e. The van der Waals surface area contributed by atoms with E-state index < -0.39 is 0 Å². The number of methoxy groups -OCH3 is 1. The molecule has 0 spiro atoms. The van der Waals surface area contributed by atoms with E-state index in [1.807, 2.05) is 60.7 Å². The van der Waals surface area contributed by atoms with E-state index in [2.05, 4.69) is 58.4 Å². The first-order valence-corrected chi connectivity index (χ1v) is 10.8. The third-order valence-corrected chi connectivity index (χ3v) is 5.73. The average molecular weight is 440 g/mol. The number of anilines is 2. The van der Waals surface area contributed by atoms with Crippen molar-refractivity contribution >= 4 is 28.8 Å². The second-order valence-corrected chi connectivity index (χ2v) is 7.90.